The summed E-state index contributed by atoms with van der Waals surface area (Å²) in [5.41, 5.74) is 1.84. The summed E-state index contributed by atoms with van der Waals surface area (Å²) in [6, 6.07) is 8.13. The van der Waals surface area contributed by atoms with Gasteiger partial charge in [0, 0.05) is 17.1 Å². The van der Waals surface area contributed by atoms with Gasteiger partial charge in [-0.1, -0.05) is 29.3 Å². The average Bonchev–Trinajstić information content (AvgIpc) is 3.12. The van der Waals surface area contributed by atoms with E-state index in [1.807, 2.05) is 0 Å². The quantitative estimate of drug-likeness (QED) is 0.679. The number of phenolic OH excluding ortho intramolecular Hbond substituents is 1. The molecule has 1 aliphatic heterocycles. The van der Waals surface area contributed by atoms with Gasteiger partial charge in [-0.15, -0.1) is 0 Å². The van der Waals surface area contributed by atoms with Crippen molar-refractivity contribution in [1.29, 1.82) is 0 Å². The first-order valence-corrected chi connectivity index (χ1v) is 9.24. The van der Waals surface area contributed by atoms with E-state index in [4.69, 9.17) is 27.6 Å². The fourth-order valence-electron chi connectivity index (χ4n) is 3.46. The van der Waals surface area contributed by atoms with Crippen molar-refractivity contribution in [3.63, 3.8) is 0 Å². The van der Waals surface area contributed by atoms with Crippen LogP contribution in [0.5, 0.6) is 5.75 Å². The Kier molecular flexibility index (Phi) is 4.65. The molecule has 6 heteroatoms. The second kappa shape index (κ2) is 6.95. The number of hydrogen-bond acceptors (Lipinski definition) is 4. The lowest BCUT2D eigenvalue weighted by Crippen LogP contribution is -2.19. The molecule has 0 aliphatic carbocycles. The highest BCUT2D eigenvalue weighted by Crippen LogP contribution is 2.32. The topological polar surface area (TPSA) is 53.7 Å². The third-order valence-corrected chi connectivity index (χ3v) is 5.37. The summed E-state index contributed by atoms with van der Waals surface area (Å²) in [6.45, 7) is 2.53. The van der Waals surface area contributed by atoms with E-state index >= 15 is 0 Å². The van der Waals surface area contributed by atoms with Crippen LogP contribution in [0.25, 0.3) is 22.1 Å². The second-order valence-corrected chi connectivity index (χ2v) is 7.37. The molecule has 0 unspecified atom stereocenters. The van der Waals surface area contributed by atoms with Gasteiger partial charge in [-0.05, 0) is 50.2 Å². The summed E-state index contributed by atoms with van der Waals surface area (Å²) < 4.78 is 5.81. The minimum absolute atomic E-state index is 0.143. The Bertz CT molecular complexity index is 1040. The summed E-state index contributed by atoms with van der Waals surface area (Å²) in [4.78, 5) is 15.3. The maximum atomic E-state index is 13.0. The van der Waals surface area contributed by atoms with Gasteiger partial charge >= 0.3 is 0 Å². The van der Waals surface area contributed by atoms with Gasteiger partial charge in [0.25, 0.3) is 0 Å². The molecule has 0 atom stereocenters. The van der Waals surface area contributed by atoms with Crippen LogP contribution in [0.2, 0.25) is 10.0 Å². The highest BCUT2D eigenvalue weighted by atomic mass is 35.5. The van der Waals surface area contributed by atoms with Crippen LogP contribution in [-0.4, -0.2) is 23.1 Å². The first-order chi connectivity index (χ1) is 12.5. The number of aromatic hydroxyl groups is 1. The fourth-order valence-corrected chi connectivity index (χ4v) is 3.97. The van der Waals surface area contributed by atoms with Gasteiger partial charge in [0.2, 0.25) is 5.43 Å². The largest absolute Gasteiger partial charge is 0.507 e. The predicted octanol–water partition coefficient (Wildman–Crippen LogP) is 5.07. The standard InChI is InChI=1S/C20H17Cl2NO3/c21-12-3-4-13(17(22)9-12)16-11-26-20-14(19(16)25)5-6-18(24)15(20)10-23-7-1-2-8-23/h3-6,9,11,24H,1-2,7-8,10H2. The van der Waals surface area contributed by atoms with E-state index in [1.165, 1.54) is 6.26 Å². The third kappa shape index (κ3) is 3.09. The Labute approximate surface area is 160 Å². The van der Waals surface area contributed by atoms with Crippen molar-refractivity contribution in [2.24, 2.45) is 0 Å². The zero-order chi connectivity index (χ0) is 18.3. The van der Waals surface area contributed by atoms with Crippen LogP contribution in [0.15, 0.2) is 45.8 Å². The molecule has 1 saturated heterocycles. The van der Waals surface area contributed by atoms with Crippen LogP contribution < -0.4 is 5.43 Å². The van der Waals surface area contributed by atoms with Gasteiger partial charge in [-0.3, -0.25) is 9.69 Å². The highest BCUT2D eigenvalue weighted by molar-refractivity contribution is 6.36. The second-order valence-electron chi connectivity index (χ2n) is 6.53. The molecule has 4 nitrogen and oxygen atoms in total. The molecular weight excluding hydrogens is 373 g/mol. The van der Waals surface area contributed by atoms with E-state index < -0.39 is 0 Å². The van der Waals surface area contributed by atoms with Crippen molar-refractivity contribution in [2.45, 2.75) is 19.4 Å². The Hall–Kier alpha value is -2.01. The molecule has 1 fully saturated rings. The molecule has 4 rings (SSSR count). The van der Waals surface area contributed by atoms with Crippen molar-refractivity contribution in [1.82, 2.24) is 4.90 Å². The molecule has 0 bridgehead atoms. The van der Waals surface area contributed by atoms with E-state index in [1.54, 1.807) is 30.3 Å². The Morgan fingerprint density at radius 3 is 2.58 bits per heavy atom. The summed E-state index contributed by atoms with van der Waals surface area (Å²) >= 11 is 12.2. The number of hydrogen-bond donors (Lipinski definition) is 1. The Balaban J connectivity index is 1.86. The van der Waals surface area contributed by atoms with E-state index in [2.05, 4.69) is 4.90 Å². The van der Waals surface area contributed by atoms with Gasteiger partial charge in [0.15, 0.2) is 0 Å². The molecule has 2 heterocycles. The van der Waals surface area contributed by atoms with Crippen molar-refractivity contribution >= 4 is 34.2 Å². The van der Waals surface area contributed by atoms with E-state index in [-0.39, 0.29) is 11.2 Å². The van der Waals surface area contributed by atoms with Crippen molar-refractivity contribution in [3.05, 3.63) is 62.4 Å². The first-order valence-electron chi connectivity index (χ1n) is 8.49. The number of halogens is 2. The van der Waals surface area contributed by atoms with Crippen LogP contribution in [-0.2, 0) is 6.54 Å². The Morgan fingerprint density at radius 2 is 1.85 bits per heavy atom. The maximum absolute atomic E-state index is 13.0. The lowest BCUT2D eigenvalue weighted by atomic mass is 10.0. The molecule has 3 aromatic rings. The molecule has 1 aromatic heterocycles. The van der Waals surface area contributed by atoms with E-state index in [9.17, 15) is 9.90 Å². The number of benzene rings is 2. The summed E-state index contributed by atoms with van der Waals surface area (Å²) in [5, 5.41) is 11.6. The first kappa shape index (κ1) is 17.4. The Morgan fingerprint density at radius 1 is 1.08 bits per heavy atom. The van der Waals surface area contributed by atoms with Crippen LogP contribution in [0.3, 0.4) is 0 Å². The lowest BCUT2D eigenvalue weighted by Gasteiger charge is -2.16. The van der Waals surface area contributed by atoms with Crippen molar-refractivity contribution < 1.29 is 9.52 Å². The van der Waals surface area contributed by atoms with Crippen LogP contribution in [0.1, 0.15) is 18.4 Å². The van der Waals surface area contributed by atoms with E-state index in [0.29, 0.717) is 44.2 Å². The van der Waals surface area contributed by atoms with Gasteiger partial charge in [-0.2, -0.15) is 0 Å². The lowest BCUT2D eigenvalue weighted by molar-refractivity contribution is 0.323. The minimum Gasteiger partial charge on any atom is -0.507 e. The predicted molar refractivity (Wildman–Crippen MR) is 104 cm³/mol. The molecule has 1 N–H and O–H groups in total. The molecule has 0 radical (unpaired) electrons. The van der Waals surface area contributed by atoms with Gasteiger partial charge < -0.3 is 9.52 Å². The smallest absolute Gasteiger partial charge is 0.200 e. The van der Waals surface area contributed by atoms with Crippen LogP contribution >= 0.6 is 23.2 Å². The fraction of sp³-hybridized carbons (Fsp3) is 0.250. The van der Waals surface area contributed by atoms with Gasteiger partial charge in [0.1, 0.15) is 17.6 Å². The third-order valence-electron chi connectivity index (χ3n) is 4.82. The summed E-state index contributed by atoms with van der Waals surface area (Å²) in [7, 11) is 0. The van der Waals surface area contributed by atoms with Crippen molar-refractivity contribution in [3.8, 4) is 16.9 Å². The number of nitrogens with zero attached hydrogens (tertiary/aromatic N) is 1. The van der Waals surface area contributed by atoms with Crippen LogP contribution in [0.4, 0.5) is 0 Å². The normalized spacial score (nSPS) is 15.0. The maximum Gasteiger partial charge on any atom is 0.200 e. The molecule has 134 valence electrons. The number of fused-ring (bicyclic) bond motifs is 1. The molecule has 2 aromatic carbocycles. The minimum atomic E-state index is -0.182. The molecule has 0 amide bonds. The summed E-state index contributed by atoms with van der Waals surface area (Å²) in [6.07, 6.45) is 3.70. The molecule has 26 heavy (non-hydrogen) atoms. The number of rotatable bonds is 3. The highest BCUT2D eigenvalue weighted by Gasteiger charge is 2.20. The zero-order valence-corrected chi connectivity index (χ0v) is 15.5. The van der Waals surface area contributed by atoms with Gasteiger partial charge in [-0.25, -0.2) is 0 Å². The molecule has 1 aliphatic rings. The monoisotopic (exact) mass is 389 g/mol. The summed E-state index contributed by atoms with van der Waals surface area (Å²) in [5.74, 6) is 0.143. The average molecular weight is 390 g/mol. The number of likely N-dealkylation sites (tertiary alicyclic amines) is 1. The molecule has 0 spiro atoms. The van der Waals surface area contributed by atoms with Crippen LogP contribution in [0, 0.1) is 0 Å². The SMILES string of the molecule is O=c1c(-c2ccc(Cl)cc2Cl)coc2c(CN3CCCC3)c(O)ccc12. The number of phenols is 1. The van der Waals surface area contributed by atoms with Crippen molar-refractivity contribution in [2.75, 3.05) is 13.1 Å². The molecule has 0 saturated carbocycles. The van der Waals surface area contributed by atoms with Gasteiger partial charge in [0.05, 0.1) is 21.5 Å². The zero-order valence-electron chi connectivity index (χ0n) is 14.0. The molecular formula is C20H17Cl2NO3. The van der Waals surface area contributed by atoms with E-state index in [0.717, 1.165) is 25.9 Å².